The van der Waals surface area contributed by atoms with Crippen LogP contribution in [0.4, 0.5) is 4.79 Å². The van der Waals surface area contributed by atoms with E-state index in [2.05, 4.69) is 64.2 Å². The molecule has 2 unspecified atom stereocenters. The second-order valence-corrected chi connectivity index (χ2v) is 9.93. The van der Waals surface area contributed by atoms with Crippen LogP contribution in [0.3, 0.4) is 0 Å². The molecule has 5 nitrogen and oxygen atoms in total. The molecule has 1 aromatic rings. The molecule has 0 heterocycles. The third-order valence-electron chi connectivity index (χ3n) is 4.79. The maximum Gasteiger partial charge on any atom is 0.408 e. The van der Waals surface area contributed by atoms with Gasteiger partial charge < -0.3 is 15.2 Å². The number of hydrogen-bond acceptors (Lipinski definition) is 3. The number of ether oxygens (including phenoxy) is 1. The van der Waals surface area contributed by atoms with E-state index < -0.39 is 23.7 Å². The fraction of sp³-hybridized carbons (Fsp3) is 0.652. The number of carboxylic acids is 1. The molecule has 0 spiro atoms. The van der Waals surface area contributed by atoms with Crippen LogP contribution in [0.25, 0.3) is 0 Å². The molecule has 1 rings (SSSR count). The summed E-state index contributed by atoms with van der Waals surface area (Å²) in [5.74, 6) is -0.638. The maximum absolute atomic E-state index is 12.0. The number of carboxylic acid groups (broad SMARTS) is 1. The van der Waals surface area contributed by atoms with Crippen LogP contribution >= 0.6 is 0 Å². The van der Waals surface area contributed by atoms with Gasteiger partial charge in [0.25, 0.3) is 0 Å². The molecule has 0 aliphatic heterocycles. The average molecular weight is 392 g/mol. The zero-order valence-electron chi connectivity index (χ0n) is 18.6. The second kappa shape index (κ2) is 9.44. The fourth-order valence-corrected chi connectivity index (χ4v) is 3.01. The van der Waals surface area contributed by atoms with E-state index in [4.69, 9.17) is 4.74 Å². The Morgan fingerprint density at radius 3 is 1.96 bits per heavy atom. The minimum Gasteiger partial charge on any atom is -0.480 e. The Labute approximate surface area is 169 Å². The molecular weight excluding hydrogens is 354 g/mol. The minimum absolute atomic E-state index is 0.0989. The van der Waals surface area contributed by atoms with Crippen molar-refractivity contribution in [3.8, 4) is 0 Å². The largest absolute Gasteiger partial charge is 0.480 e. The van der Waals surface area contributed by atoms with E-state index in [9.17, 15) is 14.7 Å². The van der Waals surface area contributed by atoms with E-state index in [0.717, 1.165) is 6.42 Å². The molecule has 0 fully saturated rings. The number of carbonyl (C=O) groups excluding carboxylic acids is 1. The number of hydrogen-bond donors (Lipinski definition) is 2. The highest BCUT2D eigenvalue weighted by molar-refractivity contribution is 5.80. The van der Waals surface area contributed by atoms with Crippen molar-refractivity contribution in [2.45, 2.75) is 85.3 Å². The van der Waals surface area contributed by atoms with Crippen LogP contribution in [0.1, 0.15) is 72.9 Å². The third kappa shape index (κ3) is 8.32. The molecule has 2 atom stereocenters. The lowest BCUT2D eigenvalue weighted by Crippen LogP contribution is -2.45. The van der Waals surface area contributed by atoms with Gasteiger partial charge in [-0.15, -0.1) is 0 Å². The van der Waals surface area contributed by atoms with Gasteiger partial charge >= 0.3 is 12.1 Å². The first-order valence-electron chi connectivity index (χ1n) is 10.0. The van der Waals surface area contributed by atoms with Gasteiger partial charge in [0.15, 0.2) is 0 Å². The van der Waals surface area contributed by atoms with Gasteiger partial charge in [0.2, 0.25) is 0 Å². The van der Waals surface area contributed by atoms with Crippen LogP contribution in [0.2, 0.25) is 0 Å². The summed E-state index contributed by atoms with van der Waals surface area (Å²) in [4.78, 5) is 23.7. The lowest BCUT2D eigenvalue weighted by Gasteiger charge is -2.27. The lowest BCUT2D eigenvalue weighted by molar-refractivity contribution is -0.140. The van der Waals surface area contributed by atoms with Crippen molar-refractivity contribution in [2.75, 3.05) is 0 Å². The summed E-state index contributed by atoms with van der Waals surface area (Å²) in [5, 5.41) is 12.1. The number of nitrogens with one attached hydrogen (secondary N) is 1. The lowest BCUT2D eigenvalue weighted by atomic mass is 9.82. The molecule has 0 saturated heterocycles. The highest BCUT2D eigenvalue weighted by atomic mass is 16.6. The predicted octanol–water partition coefficient (Wildman–Crippen LogP) is 5.17. The molecule has 0 radical (unpaired) electrons. The number of amides is 1. The SMILES string of the molecule is CC(C)C(Cc1ccc(C(C)(C)C)cc1)CC(NC(=O)OC(C)(C)C)C(=O)O. The molecule has 0 aliphatic carbocycles. The van der Waals surface area contributed by atoms with E-state index in [-0.39, 0.29) is 17.3 Å². The maximum atomic E-state index is 12.0. The Morgan fingerprint density at radius 2 is 1.57 bits per heavy atom. The Balaban J connectivity index is 2.86. The zero-order valence-corrected chi connectivity index (χ0v) is 18.6. The molecule has 0 aromatic heterocycles. The summed E-state index contributed by atoms with van der Waals surface area (Å²) in [7, 11) is 0. The van der Waals surface area contributed by atoms with Gasteiger partial charge in [0.05, 0.1) is 0 Å². The molecule has 5 heteroatoms. The summed E-state index contributed by atoms with van der Waals surface area (Å²) in [6, 6.07) is 7.54. The van der Waals surface area contributed by atoms with Gasteiger partial charge in [-0.05, 0) is 62.0 Å². The molecular formula is C23H37NO4. The number of benzene rings is 1. The van der Waals surface area contributed by atoms with Gasteiger partial charge in [-0.2, -0.15) is 0 Å². The zero-order chi connectivity index (χ0) is 21.7. The van der Waals surface area contributed by atoms with Gasteiger partial charge in [0, 0.05) is 0 Å². The highest BCUT2D eigenvalue weighted by Crippen LogP contribution is 2.26. The Bertz CT molecular complexity index is 651. The highest BCUT2D eigenvalue weighted by Gasteiger charge is 2.28. The van der Waals surface area contributed by atoms with Crippen LogP contribution in [0, 0.1) is 11.8 Å². The second-order valence-electron chi connectivity index (χ2n) is 9.93. The van der Waals surface area contributed by atoms with Gasteiger partial charge in [-0.1, -0.05) is 58.9 Å². The smallest absolute Gasteiger partial charge is 0.408 e. The Hall–Kier alpha value is -2.04. The number of alkyl carbamates (subject to hydrolysis) is 1. The topological polar surface area (TPSA) is 75.6 Å². The summed E-state index contributed by atoms with van der Waals surface area (Å²) >= 11 is 0. The van der Waals surface area contributed by atoms with Crippen molar-refractivity contribution in [3.05, 3.63) is 35.4 Å². The van der Waals surface area contributed by atoms with Crippen molar-refractivity contribution in [2.24, 2.45) is 11.8 Å². The predicted molar refractivity (Wildman–Crippen MR) is 113 cm³/mol. The van der Waals surface area contributed by atoms with Crippen LogP contribution in [-0.2, 0) is 21.4 Å². The first-order valence-corrected chi connectivity index (χ1v) is 10.0. The normalized spacial score (nSPS) is 14.5. The van der Waals surface area contributed by atoms with E-state index in [0.29, 0.717) is 6.42 Å². The molecule has 28 heavy (non-hydrogen) atoms. The van der Waals surface area contributed by atoms with Crippen molar-refractivity contribution >= 4 is 12.1 Å². The fourth-order valence-electron chi connectivity index (χ4n) is 3.01. The summed E-state index contributed by atoms with van der Waals surface area (Å²) in [5.41, 5.74) is 1.88. The van der Waals surface area contributed by atoms with Gasteiger partial charge in [0.1, 0.15) is 11.6 Å². The Morgan fingerprint density at radius 1 is 1.04 bits per heavy atom. The van der Waals surface area contributed by atoms with Gasteiger partial charge in [-0.25, -0.2) is 9.59 Å². The third-order valence-corrected chi connectivity index (χ3v) is 4.79. The van der Waals surface area contributed by atoms with Crippen molar-refractivity contribution < 1.29 is 19.4 Å². The molecule has 158 valence electrons. The summed E-state index contributed by atoms with van der Waals surface area (Å²) in [6.45, 7) is 16.0. The molecule has 0 aliphatic rings. The van der Waals surface area contributed by atoms with Crippen LogP contribution in [0.5, 0.6) is 0 Å². The quantitative estimate of drug-likeness (QED) is 0.672. The Kier molecular flexibility index (Phi) is 8.09. The van der Waals surface area contributed by atoms with E-state index in [1.165, 1.54) is 11.1 Å². The summed E-state index contributed by atoms with van der Waals surface area (Å²) < 4.78 is 5.21. The first kappa shape index (κ1) is 24.0. The number of rotatable bonds is 7. The van der Waals surface area contributed by atoms with E-state index in [1.807, 2.05) is 0 Å². The van der Waals surface area contributed by atoms with Gasteiger partial charge in [-0.3, -0.25) is 0 Å². The molecule has 1 aromatic carbocycles. The van der Waals surface area contributed by atoms with Crippen LogP contribution in [0.15, 0.2) is 24.3 Å². The van der Waals surface area contributed by atoms with Crippen molar-refractivity contribution in [1.82, 2.24) is 5.32 Å². The minimum atomic E-state index is -1.04. The van der Waals surface area contributed by atoms with Crippen LogP contribution < -0.4 is 5.32 Å². The number of aliphatic carboxylic acids is 1. The van der Waals surface area contributed by atoms with E-state index in [1.54, 1.807) is 20.8 Å². The van der Waals surface area contributed by atoms with Crippen molar-refractivity contribution in [3.63, 3.8) is 0 Å². The molecule has 2 N–H and O–H groups in total. The van der Waals surface area contributed by atoms with E-state index >= 15 is 0 Å². The number of carbonyl (C=O) groups is 2. The van der Waals surface area contributed by atoms with Crippen LogP contribution in [-0.4, -0.2) is 28.8 Å². The average Bonchev–Trinajstić information content (AvgIpc) is 2.50. The standard InChI is InChI=1S/C23H37NO4/c1-15(2)17(13-16-9-11-18(12-10-16)22(3,4)5)14-19(20(25)26)24-21(27)28-23(6,7)8/h9-12,15,17,19H,13-14H2,1-8H3,(H,24,27)(H,25,26). The monoisotopic (exact) mass is 391 g/mol. The molecule has 0 saturated carbocycles. The summed E-state index contributed by atoms with van der Waals surface area (Å²) in [6.07, 6.45) is 0.423. The molecule has 0 bridgehead atoms. The molecule has 1 amide bonds. The van der Waals surface area contributed by atoms with Crippen molar-refractivity contribution in [1.29, 1.82) is 0 Å². The first-order chi connectivity index (χ1) is 12.7.